The maximum atomic E-state index is 9.45. The number of likely N-dealkylation sites (tertiary alicyclic amines) is 1. The van der Waals surface area contributed by atoms with Crippen molar-refractivity contribution in [2.24, 2.45) is 0 Å². The molecule has 1 fully saturated rings. The molecule has 1 saturated heterocycles. The molecule has 2 N–H and O–H groups in total. The van der Waals surface area contributed by atoms with Crippen molar-refractivity contribution in [3.63, 3.8) is 0 Å². The van der Waals surface area contributed by atoms with E-state index in [4.69, 9.17) is 0 Å². The van der Waals surface area contributed by atoms with Gasteiger partial charge in [-0.25, -0.2) is 0 Å². The van der Waals surface area contributed by atoms with E-state index in [1.54, 1.807) is 0 Å². The molecule has 0 atom stereocenters. The van der Waals surface area contributed by atoms with E-state index in [1.807, 2.05) is 6.92 Å². The Balaban J connectivity index is 2.35. The molecule has 1 aliphatic rings. The zero-order valence-corrected chi connectivity index (χ0v) is 5.98. The van der Waals surface area contributed by atoms with Crippen molar-refractivity contribution in [3.05, 3.63) is 7.05 Å². The first-order valence-electron chi connectivity index (χ1n) is 3.49. The number of piperidine rings is 1. The zero-order valence-electron chi connectivity index (χ0n) is 5.98. The highest BCUT2D eigenvalue weighted by Crippen LogP contribution is 2.13. The van der Waals surface area contributed by atoms with Crippen LogP contribution in [0.1, 0.15) is 19.8 Å². The Bertz CT molecular complexity index is 91.1. The van der Waals surface area contributed by atoms with Crippen molar-refractivity contribution in [1.29, 1.82) is 0 Å². The van der Waals surface area contributed by atoms with Crippen LogP contribution in [0.15, 0.2) is 0 Å². The second-order valence-corrected chi connectivity index (χ2v) is 3.25. The Labute approximate surface area is 56.5 Å². The minimum Gasteiger partial charge on any atom is -0.468 e. The van der Waals surface area contributed by atoms with E-state index < -0.39 is 5.60 Å². The summed E-state index contributed by atoms with van der Waals surface area (Å²) in [4.78, 5) is 1.29. The lowest BCUT2D eigenvalue weighted by molar-refractivity contribution is -0.861. The third-order valence-corrected chi connectivity index (χ3v) is 2.03. The number of hydrogen-bond donors (Lipinski definition) is 2. The first-order valence-corrected chi connectivity index (χ1v) is 3.49. The fourth-order valence-corrected chi connectivity index (χ4v) is 1.14. The summed E-state index contributed by atoms with van der Waals surface area (Å²) in [7, 11) is 3.87. The van der Waals surface area contributed by atoms with Gasteiger partial charge < -0.3 is 10.0 Å². The standard InChI is InChI=1S/C7H15NO/c1-7(9)3-5-8(2)6-4-7/h8-9H,2-6H2,1H3. The van der Waals surface area contributed by atoms with Crippen LogP contribution in [0.25, 0.3) is 0 Å². The Hall–Kier alpha value is -0.0800. The maximum Gasteiger partial charge on any atom is 0.0724 e. The molecule has 0 saturated carbocycles. The lowest BCUT2D eigenvalue weighted by Gasteiger charge is -2.34. The van der Waals surface area contributed by atoms with E-state index in [0.29, 0.717) is 0 Å². The molecule has 9 heavy (non-hydrogen) atoms. The Morgan fingerprint density at radius 2 is 1.89 bits per heavy atom. The third kappa shape index (κ3) is 1.95. The van der Waals surface area contributed by atoms with Crippen molar-refractivity contribution >= 4 is 0 Å². The summed E-state index contributed by atoms with van der Waals surface area (Å²) < 4.78 is 0. The van der Waals surface area contributed by atoms with Crippen LogP contribution in [0.3, 0.4) is 0 Å². The van der Waals surface area contributed by atoms with Crippen LogP contribution in [0.4, 0.5) is 0 Å². The molecule has 0 unspecified atom stereocenters. The Morgan fingerprint density at radius 1 is 1.44 bits per heavy atom. The summed E-state index contributed by atoms with van der Waals surface area (Å²) in [5.74, 6) is 0. The molecule has 2 nitrogen and oxygen atoms in total. The highest BCUT2D eigenvalue weighted by Gasteiger charge is 2.25. The van der Waals surface area contributed by atoms with Crippen LogP contribution in [0.2, 0.25) is 0 Å². The van der Waals surface area contributed by atoms with Crippen LogP contribution in [-0.4, -0.2) is 23.8 Å². The van der Waals surface area contributed by atoms with Gasteiger partial charge in [-0.1, -0.05) is 0 Å². The van der Waals surface area contributed by atoms with Gasteiger partial charge in [-0.2, -0.15) is 7.05 Å². The predicted molar refractivity (Wildman–Crippen MR) is 35.9 cm³/mol. The van der Waals surface area contributed by atoms with Crippen LogP contribution in [-0.2, 0) is 0 Å². The molecule has 0 aromatic heterocycles. The maximum absolute atomic E-state index is 9.45. The number of rotatable bonds is 0. The van der Waals surface area contributed by atoms with Crippen molar-refractivity contribution < 1.29 is 10.0 Å². The molecule has 1 aliphatic heterocycles. The van der Waals surface area contributed by atoms with E-state index >= 15 is 0 Å². The van der Waals surface area contributed by atoms with Gasteiger partial charge in [-0.3, -0.25) is 0 Å². The Morgan fingerprint density at radius 3 is 2.22 bits per heavy atom. The van der Waals surface area contributed by atoms with Gasteiger partial charge in [0.15, 0.2) is 0 Å². The molecule has 54 valence electrons. The molecule has 2 heteroatoms. The van der Waals surface area contributed by atoms with Crippen molar-refractivity contribution in [1.82, 2.24) is 0 Å². The van der Waals surface area contributed by atoms with Gasteiger partial charge in [0, 0.05) is 12.8 Å². The van der Waals surface area contributed by atoms with Crippen LogP contribution >= 0.6 is 0 Å². The summed E-state index contributed by atoms with van der Waals surface area (Å²) in [6.45, 7) is 3.92. The fraction of sp³-hybridized carbons (Fsp3) is 0.857. The van der Waals surface area contributed by atoms with E-state index in [1.165, 1.54) is 4.90 Å². The molecule has 0 radical (unpaired) electrons. The van der Waals surface area contributed by atoms with Gasteiger partial charge in [0.05, 0.1) is 18.7 Å². The number of quaternary nitrogens is 1. The first kappa shape index (κ1) is 7.03. The van der Waals surface area contributed by atoms with Gasteiger partial charge in [0.25, 0.3) is 0 Å². The van der Waals surface area contributed by atoms with Crippen LogP contribution < -0.4 is 4.90 Å². The third-order valence-electron chi connectivity index (χ3n) is 2.03. The van der Waals surface area contributed by atoms with Crippen molar-refractivity contribution in [3.8, 4) is 0 Å². The van der Waals surface area contributed by atoms with Crippen LogP contribution in [0.5, 0.6) is 0 Å². The highest BCUT2D eigenvalue weighted by atomic mass is 16.3. The minimum absolute atomic E-state index is 0.402. The zero-order chi connectivity index (χ0) is 6.91. The lowest BCUT2D eigenvalue weighted by Crippen LogP contribution is -3.08. The monoisotopic (exact) mass is 129 g/mol. The average Bonchev–Trinajstić information content (AvgIpc) is 1.78. The number of aliphatic hydroxyl groups is 1. The van der Waals surface area contributed by atoms with Crippen molar-refractivity contribution in [2.45, 2.75) is 25.4 Å². The summed E-state index contributed by atoms with van der Waals surface area (Å²) in [6.07, 6.45) is 1.79. The Kier molecular flexibility index (Phi) is 1.78. The summed E-state index contributed by atoms with van der Waals surface area (Å²) in [6, 6.07) is 0. The number of nitrogens with one attached hydrogen (secondary N) is 1. The second-order valence-electron chi connectivity index (χ2n) is 3.25. The summed E-state index contributed by atoms with van der Waals surface area (Å²) in [5, 5.41) is 9.45. The molecular formula is C7H15NO. The van der Waals surface area contributed by atoms with E-state index in [-0.39, 0.29) is 0 Å². The molecule has 0 aromatic rings. The molecule has 0 aromatic carbocycles. The lowest BCUT2D eigenvalue weighted by atomic mass is 9.94. The van der Waals surface area contributed by atoms with Gasteiger partial charge in [-0.15, -0.1) is 0 Å². The van der Waals surface area contributed by atoms with E-state index in [2.05, 4.69) is 7.05 Å². The topological polar surface area (TPSA) is 24.7 Å². The fourth-order valence-electron chi connectivity index (χ4n) is 1.14. The van der Waals surface area contributed by atoms with Gasteiger partial charge >= 0.3 is 0 Å². The summed E-state index contributed by atoms with van der Waals surface area (Å²) in [5.41, 5.74) is -0.402. The smallest absolute Gasteiger partial charge is 0.0724 e. The number of hydrogen-bond acceptors (Lipinski definition) is 1. The van der Waals surface area contributed by atoms with E-state index in [0.717, 1.165) is 25.9 Å². The summed E-state index contributed by atoms with van der Waals surface area (Å²) >= 11 is 0. The van der Waals surface area contributed by atoms with Gasteiger partial charge in [0.2, 0.25) is 0 Å². The normalized spacial score (nSPS) is 45.0. The van der Waals surface area contributed by atoms with Gasteiger partial charge in [-0.05, 0) is 6.92 Å². The average molecular weight is 129 g/mol. The molecule has 0 bridgehead atoms. The van der Waals surface area contributed by atoms with Crippen LogP contribution in [0, 0.1) is 7.05 Å². The molecule has 1 rings (SSSR count). The largest absolute Gasteiger partial charge is 0.468 e. The molecule has 0 spiro atoms. The molecule has 1 heterocycles. The quantitative estimate of drug-likeness (QED) is 0.412. The SMILES string of the molecule is [CH2-][NH+]1CCC(C)(O)CC1. The molecule has 0 amide bonds. The van der Waals surface area contributed by atoms with Gasteiger partial charge in [0.1, 0.15) is 0 Å². The molecular weight excluding hydrogens is 114 g/mol. The minimum atomic E-state index is -0.402. The molecule has 0 aliphatic carbocycles. The highest BCUT2D eigenvalue weighted by molar-refractivity contribution is 4.73. The first-order chi connectivity index (χ1) is 4.10. The second kappa shape index (κ2) is 2.27. The predicted octanol–water partition coefficient (Wildman–Crippen LogP) is -0.792. The van der Waals surface area contributed by atoms with Crippen molar-refractivity contribution in [2.75, 3.05) is 13.1 Å². The van der Waals surface area contributed by atoms with E-state index in [9.17, 15) is 5.11 Å².